The number of aromatic nitrogens is 2. The summed E-state index contributed by atoms with van der Waals surface area (Å²) < 4.78 is 7.71. The van der Waals surface area contributed by atoms with Gasteiger partial charge in [0.2, 0.25) is 0 Å². The van der Waals surface area contributed by atoms with Gasteiger partial charge < -0.3 is 14.3 Å². The third-order valence-corrected chi connectivity index (χ3v) is 7.14. The molecule has 2 amide bonds. The lowest BCUT2D eigenvalue weighted by Crippen LogP contribution is -2.37. The number of nitrogens with one attached hydrogen (secondary N) is 2. The number of ether oxygens (including phenoxy) is 1. The minimum absolute atomic E-state index is 0.343. The highest BCUT2D eigenvalue weighted by molar-refractivity contribution is 6.50. The van der Waals surface area contributed by atoms with Crippen LogP contribution in [0.3, 0.4) is 0 Å². The van der Waals surface area contributed by atoms with E-state index in [2.05, 4.69) is 39.0 Å². The molecule has 7 nitrogen and oxygen atoms in total. The molecule has 4 aromatic rings. The van der Waals surface area contributed by atoms with Crippen LogP contribution >= 0.6 is 0 Å². The molecule has 0 aliphatic carbocycles. The number of imide groups is 1. The fourth-order valence-corrected chi connectivity index (χ4v) is 5.46. The number of fused-ring (bicyclic) bond motifs is 2. The van der Waals surface area contributed by atoms with E-state index in [-0.39, 0.29) is 11.8 Å². The average molecular weight is 469 g/mol. The van der Waals surface area contributed by atoms with Crippen LogP contribution in [0.4, 0.5) is 0 Å². The number of amides is 2. The number of H-pyrrole nitrogens is 1. The lowest BCUT2D eigenvalue weighted by atomic mass is 9.95. The van der Waals surface area contributed by atoms with Crippen LogP contribution in [0.5, 0.6) is 0 Å². The fourth-order valence-electron chi connectivity index (χ4n) is 5.46. The summed E-state index contributed by atoms with van der Waals surface area (Å²) in [5, 5.41) is 4.47. The molecule has 6 rings (SSSR count). The number of aryl methyl sites for hydroxylation is 2. The normalized spacial score (nSPS) is 17.2. The minimum Gasteiger partial charge on any atom is -0.379 e. The van der Waals surface area contributed by atoms with Crippen molar-refractivity contribution in [3.63, 3.8) is 0 Å². The van der Waals surface area contributed by atoms with Gasteiger partial charge in [-0.05, 0) is 25.0 Å². The standard InChI is InChI=1S/C28H28N4O3/c1-18-6-4-8-20-22(17-32(26(18)20)11-5-10-31-12-14-35-15-13-31)25-24(27(33)30-28(25)34)21-16-29-23-9-3-2-7-19(21)23/h2-4,6-9,16-17,29H,5,10-15H2,1H3,(H,30,33,34). The van der Waals surface area contributed by atoms with Crippen LogP contribution in [-0.2, 0) is 20.9 Å². The van der Waals surface area contributed by atoms with Gasteiger partial charge in [0.05, 0.1) is 29.9 Å². The summed E-state index contributed by atoms with van der Waals surface area (Å²) in [6, 6.07) is 14.0. The van der Waals surface area contributed by atoms with Crippen molar-refractivity contribution >= 4 is 44.8 Å². The van der Waals surface area contributed by atoms with E-state index in [9.17, 15) is 9.59 Å². The molecule has 0 bridgehead atoms. The molecule has 1 fully saturated rings. The maximum absolute atomic E-state index is 13.2. The predicted octanol–water partition coefficient (Wildman–Crippen LogP) is 3.72. The number of rotatable bonds is 6. The summed E-state index contributed by atoms with van der Waals surface area (Å²) in [7, 11) is 0. The Morgan fingerprint density at radius 3 is 2.46 bits per heavy atom. The van der Waals surface area contributed by atoms with Crippen LogP contribution in [0.1, 0.15) is 23.1 Å². The Morgan fingerprint density at radius 1 is 0.886 bits per heavy atom. The quantitative estimate of drug-likeness (QED) is 0.423. The summed E-state index contributed by atoms with van der Waals surface area (Å²) in [6.07, 6.45) is 4.88. The van der Waals surface area contributed by atoms with Crippen LogP contribution in [0, 0.1) is 6.92 Å². The Bertz CT molecular complexity index is 1490. The summed E-state index contributed by atoms with van der Waals surface area (Å²) in [5.41, 5.74) is 5.63. The summed E-state index contributed by atoms with van der Waals surface area (Å²) in [4.78, 5) is 31.9. The molecule has 2 aromatic heterocycles. The number of hydrogen-bond acceptors (Lipinski definition) is 4. The third kappa shape index (κ3) is 3.77. The fraction of sp³-hybridized carbons (Fsp3) is 0.286. The van der Waals surface area contributed by atoms with Crippen LogP contribution in [0.15, 0.2) is 54.9 Å². The molecule has 2 aromatic carbocycles. The minimum atomic E-state index is -0.351. The lowest BCUT2D eigenvalue weighted by molar-refractivity contribution is -0.122. The lowest BCUT2D eigenvalue weighted by Gasteiger charge is -2.26. The van der Waals surface area contributed by atoms with Gasteiger partial charge in [-0.1, -0.05) is 36.4 Å². The average Bonchev–Trinajstić information content (AvgIpc) is 3.53. The van der Waals surface area contributed by atoms with Gasteiger partial charge in [-0.15, -0.1) is 0 Å². The number of hydrogen-bond donors (Lipinski definition) is 2. The molecule has 2 N–H and O–H groups in total. The molecule has 0 spiro atoms. The van der Waals surface area contributed by atoms with Gasteiger partial charge in [-0.3, -0.25) is 19.8 Å². The molecule has 35 heavy (non-hydrogen) atoms. The number of para-hydroxylation sites is 2. The van der Waals surface area contributed by atoms with Crippen molar-refractivity contribution in [3.8, 4) is 0 Å². The topological polar surface area (TPSA) is 79.4 Å². The van der Waals surface area contributed by atoms with Crippen LogP contribution in [0.25, 0.3) is 33.0 Å². The highest BCUT2D eigenvalue weighted by Crippen LogP contribution is 2.38. The number of carbonyl (C=O) groups excluding carboxylic acids is 2. The molecule has 0 saturated carbocycles. The van der Waals surface area contributed by atoms with E-state index < -0.39 is 0 Å². The zero-order chi connectivity index (χ0) is 23.9. The number of benzene rings is 2. The highest BCUT2D eigenvalue weighted by atomic mass is 16.5. The van der Waals surface area contributed by atoms with Gasteiger partial charge in [-0.2, -0.15) is 0 Å². The molecular weight excluding hydrogens is 440 g/mol. The maximum atomic E-state index is 13.2. The molecule has 1 saturated heterocycles. The zero-order valence-electron chi connectivity index (χ0n) is 19.8. The first-order valence-electron chi connectivity index (χ1n) is 12.2. The van der Waals surface area contributed by atoms with Crippen LogP contribution < -0.4 is 5.32 Å². The van der Waals surface area contributed by atoms with Crippen molar-refractivity contribution in [3.05, 3.63) is 71.5 Å². The first-order valence-corrected chi connectivity index (χ1v) is 12.2. The Labute approximate surface area is 203 Å². The van der Waals surface area contributed by atoms with Gasteiger partial charge in [0.25, 0.3) is 11.8 Å². The molecule has 0 radical (unpaired) electrons. The number of morpholine rings is 1. The van der Waals surface area contributed by atoms with Gasteiger partial charge in [0, 0.05) is 66.0 Å². The van der Waals surface area contributed by atoms with Gasteiger partial charge in [0.1, 0.15) is 0 Å². The molecule has 4 heterocycles. The second-order valence-electron chi connectivity index (χ2n) is 9.30. The van der Waals surface area contributed by atoms with Gasteiger partial charge in [-0.25, -0.2) is 0 Å². The first kappa shape index (κ1) is 21.8. The molecule has 0 atom stereocenters. The summed E-state index contributed by atoms with van der Waals surface area (Å²) in [6.45, 7) is 7.48. The van der Waals surface area contributed by atoms with E-state index in [1.807, 2.05) is 42.6 Å². The third-order valence-electron chi connectivity index (χ3n) is 7.14. The summed E-state index contributed by atoms with van der Waals surface area (Å²) in [5.74, 6) is -0.695. The molecule has 0 unspecified atom stereocenters. The van der Waals surface area contributed by atoms with E-state index >= 15 is 0 Å². The SMILES string of the molecule is Cc1cccc2c(C3=C(c4c[nH]c5ccccc45)C(=O)NC3=O)cn(CCCN3CCOCC3)c12. The molecule has 178 valence electrons. The van der Waals surface area contributed by atoms with Crippen molar-refractivity contribution < 1.29 is 14.3 Å². The van der Waals surface area contributed by atoms with Crippen molar-refractivity contribution in [1.29, 1.82) is 0 Å². The monoisotopic (exact) mass is 468 g/mol. The molecule has 2 aliphatic heterocycles. The van der Waals surface area contributed by atoms with Crippen LogP contribution in [0.2, 0.25) is 0 Å². The zero-order valence-corrected chi connectivity index (χ0v) is 19.8. The smallest absolute Gasteiger partial charge is 0.259 e. The Balaban J connectivity index is 1.45. The Kier molecular flexibility index (Phi) is 5.51. The van der Waals surface area contributed by atoms with E-state index in [4.69, 9.17) is 4.74 Å². The second kappa shape index (κ2) is 8.83. The van der Waals surface area contributed by atoms with E-state index in [0.717, 1.165) is 84.3 Å². The van der Waals surface area contributed by atoms with Crippen LogP contribution in [-0.4, -0.2) is 59.1 Å². The predicted molar refractivity (Wildman–Crippen MR) is 137 cm³/mol. The van der Waals surface area contributed by atoms with E-state index in [0.29, 0.717) is 11.1 Å². The Hall–Kier alpha value is -3.68. The van der Waals surface area contributed by atoms with Gasteiger partial charge >= 0.3 is 0 Å². The van der Waals surface area contributed by atoms with Gasteiger partial charge in [0.15, 0.2) is 0 Å². The highest BCUT2D eigenvalue weighted by Gasteiger charge is 2.35. The maximum Gasteiger partial charge on any atom is 0.259 e. The number of carbonyl (C=O) groups is 2. The van der Waals surface area contributed by atoms with E-state index in [1.165, 1.54) is 0 Å². The largest absolute Gasteiger partial charge is 0.379 e. The van der Waals surface area contributed by atoms with E-state index in [1.54, 1.807) is 0 Å². The second-order valence-corrected chi connectivity index (χ2v) is 9.30. The summed E-state index contributed by atoms with van der Waals surface area (Å²) >= 11 is 0. The van der Waals surface area contributed by atoms with Crippen molar-refractivity contribution in [2.75, 3.05) is 32.8 Å². The molecular formula is C28H28N4O3. The molecule has 2 aliphatic rings. The molecule has 7 heteroatoms. The van der Waals surface area contributed by atoms with Crippen molar-refractivity contribution in [2.24, 2.45) is 0 Å². The Morgan fingerprint density at radius 2 is 1.63 bits per heavy atom. The van der Waals surface area contributed by atoms with Crippen molar-refractivity contribution in [1.82, 2.24) is 19.8 Å². The first-order chi connectivity index (χ1) is 17.1. The number of aromatic amines is 1. The van der Waals surface area contributed by atoms with Crippen molar-refractivity contribution in [2.45, 2.75) is 19.9 Å². The number of nitrogens with zero attached hydrogens (tertiary/aromatic N) is 2.